The number of nitrogens with zero attached hydrogens (tertiary/aromatic N) is 2. The Balaban J connectivity index is 1.93. The van der Waals surface area contributed by atoms with Gasteiger partial charge in [-0.25, -0.2) is 0 Å². The van der Waals surface area contributed by atoms with E-state index in [0.29, 0.717) is 0 Å². The third-order valence-corrected chi connectivity index (χ3v) is 4.24. The molecule has 2 aromatic heterocycles. The second-order valence-electron chi connectivity index (χ2n) is 5.96. The molecule has 0 radical (unpaired) electrons. The molecule has 0 saturated heterocycles. The fourth-order valence-corrected chi connectivity index (χ4v) is 3.22. The fraction of sp³-hybridized carbons (Fsp3) is 0.294. The van der Waals surface area contributed by atoms with Crippen LogP contribution in [0.15, 0.2) is 48.8 Å². The summed E-state index contributed by atoms with van der Waals surface area (Å²) >= 11 is 5.51. The fourth-order valence-electron chi connectivity index (χ4n) is 2.77. The lowest BCUT2D eigenvalue weighted by Gasteiger charge is -2.27. The van der Waals surface area contributed by atoms with Gasteiger partial charge in [-0.05, 0) is 50.5 Å². The third-order valence-electron chi connectivity index (χ3n) is 3.96. The summed E-state index contributed by atoms with van der Waals surface area (Å²) in [5, 5.41) is 0. The summed E-state index contributed by atoms with van der Waals surface area (Å²) in [4.78, 5) is 7.40. The average molecular weight is 297 g/mol. The minimum absolute atomic E-state index is 0.0491. The van der Waals surface area contributed by atoms with Gasteiger partial charge >= 0.3 is 0 Å². The summed E-state index contributed by atoms with van der Waals surface area (Å²) in [6.07, 6.45) is 5.71. The zero-order valence-corrected chi connectivity index (χ0v) is 13.2. The highest BCUT2D eigenvalue weighted by atomic mass is 32.1. The number of fused-ring (bicyclic) bond motifs is 1. The molecule has 0 aliphatic heterocycles. The minimum atomic E-state index is -0.0491. The maximum absolute atomic E-state index is 5.51. The Bertz CT molecular complexity index is 800. The van der Waals surface area contributed by atoms with Crippen molar-refractivity contribution in [1.82, 2.24) is 14.5 Å². The van der Waals surface area contributed by atoms with Crippen LogP contribution in [0, 0.1) is 4.77 Å². The number of aromatic amines is 1. The van der Waals surface area contributed by atoms with Crippen molar-refractivity contribution in [2.24, 2.45) is 0 Å². The summed E-state index contributed by atoms with van der Waals surface area (Å²) in [6.45, 7) is 4.47. The molecule has 3 rings (SSSR count). The molecular weight excluding hydrogens is 278 g/mol. The molecule has 0 bridgehead atoms. The predicted octanol–water partition coefficient (Wildman–Crippen LogP) is 4.46. The number of H-pyrrole nitrogens is 1. The van der Waals surface area contributed by atoms with E-state index in [1.807, 2.05) is 18.5 Å². The van der Waals surface area contributed by atoms with Gasteiger partial charge in [0.05, 0.1) is 17.2 Å². The summed E-state index contributed by atoms with van der Waals surface area (Å²) in [5.74, 6) is 0. The molecule has 3 aromatic rings. The van der Waals surface area contributed by atoms with Crippen LogP contribution in [0.25, 0.3) is 11.0 Å². The molecule has 3 nitrogen and oxygen atoms in total. The highest BCUT2D eigenvalue weighted by Crippen LogP contribution is 2.27. The molecule has 0 saturated carbocycles. The summed E-state index contributed by atoms with van der Waals surface area (Å²) < 4.78 is 2.97. The number of nitrogens with one attached hydrogen (secondary N) is 1. The van der Waals surface area contributed by atoms with Gasteiger partial charge in [-0.2, -0.15) is 0 Å². The van der Waals surface area contributed by atoms with Gasteiger partial charge in [0.1, 0.15) is 0 Å². The number of hydrogen-bond donors (Lipinski definition) is 1. The Morgan fingerprint density at radius 2 is 1.95 bits per heavy atom. The van der Waals surface area contributed by atoms with Crippen LogP contribution in [0.2, 0.25) is 0 Å². The molecule has 0 fully saturated rings. The van der Waals surface area contributed by atoms with Crippen LogP contribution in [0.1, 0.15) is 25.8 Å². The molecule has 0 aliphatic rings. The zero-order chi connectivity index (χ0) is 14.9. The molecule has 0 aliphatic carbocycles. The zero-order valence-electron chi connectivity index (χ0n) is 12.3. The second kappa shape index (κ2) is 5.45. The van der Waals surface area contributed by atoms with Gasteiger partial charge in [0.15, 0.2) is 4.77 Å². The number of imidazole rings is 1. The van der Waals surface area contributed by atoms with Crippen LogP contribution in [0.5, 0.6) is 0 Å². The first-order chi connectivity index (χ1) is 10.1. The second-order valence-corrected chi connectivity index (χ2v) is 6.34. The van der Waals surface area contributed by atoms with Crippen LogP contribution in [-0.4, -0.2) is 14.5 Å². The number of hydrogen-bond acceptors (Lipinski definition) is 2. The smallest absolute Gasteiger partial charge is 0.178 e. The quantitative estimate of drug-likeness (QED) is 0.721. The van der Waals surface area contributed by atoms with Crippen molar-refractivity contribution in [3.63, 3.8) is 0 Å². The number of pyridine rings is 1. The van der Waals surface area contributed by atoms with Gasteiger partial charge < -0.3 is 9.55 Å². The van der Waals surface area contributed by atoms with E-state index in [2.05, 4.69) is 58.7 Å². The van der Waals surface area contributed by atoms with Gasteiger partial charge in [0, 0.05) is 11.7 Å². The summed E-state index contributed by atoms with van der Waals surface area (Å²) in [7, 11) is 0. The Labute approximate surface area is 129 Å². The van der Waals surface area contributed by atoms with E-state index in [0.717, 1.165) is 28.6 Å². The van der Waals surface area contributed by atoms with E-state index in [1.165, 1.54) is 5.56 Å². The van der Waals surface area contributed by atoms with Gasteiger partial charge in [0.2, 0.25) is 0 Å². The highest BCUT2D eigenvalue weighted by molar-refractivity contribution is 7.71. The van der Waals surface area contributed by atoms with Crippen molar-refractivity contribution < 1.29 is 0 Å². The van der Waals surface area contributed by atoms with Crippen LogP contribution >= 0.6 is 12.2 Å². The molecule has 0 unspecified atom stereocenters. The number of rotatable bonds is 4. The first-order valence-electron chi connectivity index (χ1n) is 7.17. The van der Waals surface area contributed by atoms with Gasteiger partial charge in [-0.3, -0.25) is 4.98 Å². The Kier molecular flexibility index (Phi) is 3.64. The van der Waals surface area contributed by atoms with Crippen molar-refractivity contribution in [2.75, 3.05) is 0 Å². The molecule has 0 atom stereocenters. The molecule has 1 N–H and O–H groups in total. The first kappa shape index (κ1) is 14.0. The van der Waals surface area contributed by atoms with Crippen LogP contribution in [0.3, 0.4) is 0 Å². The Morgan fingerprint density at radius 3 is 2.71 bits per heavy atom. The van der Waals surface area contributed by atoms with Crippen molar-refractivity contribution in [1.29, 1.82) is 0 Å². The number of benzene rings is 1. The van der Waals surface area contributed by atoms with Gasteiger partial charge in [-0.1, -0.05) is 30.3 Å². The molecule has 4 heteroatoms. The normalized spacial score (nSPS) is 11.9. The van der Waals surface area contributed by atoms with E-state index in [-0.39, 0.29) is 5.54 Å². The Hall–Kier alpha value is -1.94. The van der Waals surface area contributed by atoms with Gasteiger partial charge in [0.25, 0.3) is 0 Å². The molecule has 2 heterocycles. The van der Waals surface area contributed by atoms with E-state index in [4.69, 9.17) is 12.2 Å². The molecule has 21 heavy (non-hydrogen) atoms. The molecule has 0 amide bonds. The van der Waals surface area contributed by atoms with Crippen LogP contribution in [0.4, 0.5) is 0 Å². The maximum Gasteiger partial charge on any atom is 0.178 e. The number of aryl methyl sites for hydroxylation is 1. The van der Waals surface area contributed by atoms with E-state index >= 15 is 0 Å². The predicted molar refractivity (Wildman–Crippen MR) is 89.0 cm³/mol. The van der Waals surface area contributed by atoms with Crippen molar-refractivity contribution >= 4 is 23.3 Å². The van der Waals surface area contributed by atoms with Crippen molar-refractivity contribution in [2.45, 2.75) is 32.2 Å². The molecular formula is C17H19N3S. The lowest BCUT2D eigenvalue weighted by atomic mass is 9.95. The third kappa shape index (κ3) is 2.76. The van der Waals surface area contributed by atoms with E-state index in [1.54, 1.807) is 0 Å². The summed E-state index contributed by atoms with van der Waals surface area (Å²) in [6, 6.07) is 12.6. The topological polar surface area (TPSA) is 33.6 Å². The highest BCUT2D eigenvalue weighted by Gasteiger charge is 2.23. The lowest BCUT2D eigenvalue weighted by molar-refractivity contribution is 0.333. The van der Waals surface area contributed by atoms with Crippen molar-refractivity contribution in [3.8, 4) is 0 Å². The number of aromatic nitrogens is 3. The monoisotopic (exact) mass is 297 g/mol. The van der Waals surface area contributed by atoms with E-state index < -0.39 is 0 Å². The van der Waals surface area contributed by atoms with Crippen molar-refractivity contribution in [3.05, 3.63) is 59.1 Å². The first-order valence-corrected chi connectivity index (χ1v) is 7.58. The largest absolute Gasteiger partial charge is 0.329 e. The summed E-state index contributed by atoms with van der Waals surface area (Å²) in [5.41, 5.74) is 3.42. The SMILES string of the molecule is CC(C)(CCc1ccccc1)n1c(=S)[nH]c2cnccc21. The van der Waals surface area contributed by atoms with E-state index in [9.17, 15) is 0 Å². The van der Waals surface area contributed by atoms with Gasteiger partial charge in [-0.15, -0.1) is 0 Å². The minimum Gasteiger partial charge on any atom is -0.329 e. The van der Waals surface area contributed by atoms with Crippen LogP contribution in [-0.2, 0) is 12.0 Å². The molecule has 108 valence electrons. The lowest BCUT2D eigenvalue weighted by Crippen LogP contribution is -2.27. The van der Waals surface area contributed by atoms with Crippen LogP contribution < -0.4 is 0 Å². The maximum atomic E-state index is 5.51. The Morgan fingerprint density at radius 1 is 1.19 bits per heavy atom. The molecule has 1 aromatic carbocycles. The standard InChI is InChI=1S/C17H19N3S/c1-17(2,10-8-13-6-4-3-5-7-13)20-15-9-11-18-12-14(15)19-16(20)21/h3-7,9,11-12H,8,10H2,1-2H3,(H,19,21). The average Bonchev–Trinajstić information content (AvgIpc) is 2.83. The molecule has 0 spiro atoms.